The Hall–Kier alpha value is -1.56. The fourth-order valence-electron chi connectivity index (χ4n) is 4.08. The molecule has 0 radical (unpaired) electrons. The summed E-state index contributed by atoms with van der Waals surface area (Å²) in [5.74, 6) is 1.61. The van der Waals surface area contributed by atoms with Crippen LogP contribution in [0.2, 0.25) is 0 Å². The topological polar surface area (TPSA) is 48.7 Å². The number of aromatic nitrogens is 2. The quantitative estimate of drug-likeness (QED) is 0.658. The van der Waals surface area contributed by atoms with Gasteiger partial charge in [0.05, 0.1) is 6.20 Å². The SMILES string of the molecule is CN=C(NCCN(C)C1CCCC1)N1CCC(c2cnn(C)c2)C1. The number of rotatable bonds is 5. The summed E-state index contributed by atoms with van der Waals surface area (Å²) in [6.45, 7) is 4.15. The van der Waals surface area contributed by atoms with Crippen LogP contribution >= 0.6 is 0 Å². The van der Waals surface area contributed by atoms with Crippen LogP contribution in [0.15, 0.2) is 17.4 Å². The summed E-state index contributed by atoms with van der Waals surface area (Å²) in [5.41, 5.74) is 1.34. The lowest BCUT2D eigenvalue weighted by atomic mass is 10.0. The van der Waals surface area contributed by atoms with Crippen LogP contribution in [0.4, 0.5) is 0 Å². The Morgan fingerprint density at radius 3 is 2.83 bits per heavy atom. The van der Waals surface area contributed by atoms with E-state index in [9.17, 15) is 0 Å². The number of aliphatic imine (C=N–C) groups is 1. The maximum atomic E-state index is 4.49. The average molecular weight is 332 g/mol. The zero-order valence-corrected chi connectivity index (χ0v) is 15.4. The lowest BCUT2D eigenvalue weighted by Crippen LogP contribution is -2.44. The zero-order chi connectivity index (χ0) is 16.9. The van der Waals surface area contributed by atoms with Crippen molar-refractivity contribution in [1.29, 1.82) is 0 Å². The molecule has 1 aromatic rings. The van der Waals surface area contributed by atoms with E-state index in [1.807, 2.05) is 25.0 Å². The Morgan fingerprint density at radius 1 is 1.38 bits per heavy atom. The van der Waals surface area contributed by atoms with Crippen LogP contribution in [-0.2, 0) is 7.05 Å². The minimum atomic E-state index is 0.568. The van der Waals surface area contributed by atoms with Crippen molar-refractivity contribution in [3.63, 3.8) is 0 Å². The fourth-order valence-corrected chi connectivity index (χ4v) is 4.08. The van der Waals surface area contributed by atoms with Crippen LogP contribution in [0.3, 0.4) is 0 Å². The van der Waals surface area contributed by atoms with Crippen molar-refractivity contribution in [3.05, 3.63) is 18.0 Å². The molecule has 1 saturated carbocycles. The second-order valence-electron chi connectivity index (χ2n) is 7.27. The second-order valence-corrected chi connectivity index (χ2v) is 7.27. The summed E-state index contributed by atoms with van der Waals surface area (Å²) in [6, 6.07) is 0.788. The first-order valence-electron chi connectivity index (χ1n) is 9.31. The predicted octanol–water partition coefficient (Wildman–Crippen LogP) is 1.66. The van der Waals surface area contributed by atoms with Gasteiger partial charge < -0.3 is 15.1 Å². The standard InChI is InChI=1S/C18H32N6/c1-19-18(20-9-11-22(2)17-6-4-5-7-17)24-10-8-15(14-24)16-12-21-23(3)13-16/h12-13,15,17H,4-11,14H2,1-3H3,(H,19,20). The van der Waals surface area contributed by atoms with Gasteiger partial charge in [0.15, 0.2) is 5.96 Å². The van der Waals surface area contributed by atoms with Gasteiger partial charge in [-0.1, -0.05) is 12.8 Å². The molecule has 1 aliphatic heterocycles. The molecule has 6 heteroatoms. The van der Waals surface area contributed by atoms with E-state index in [2.05, 4.69) is 38.5 Å². The summed E-state index contributed by atoms with van der Waals surface area (Å²) < 4.78 is 1.89. The Morgan fingerprint density at radius 2 is 2.17 bits per heavy atom. The van der Waals surface area contributed by atoms with Crippen molar-refractivity contribution < 1.29 is 0 Å². The normalized spacial score (nSPS) is 22.8. The number of likely N-dealkylation sites (N-methyl/N-ethyl adjacent to an activating group) is 1. The van der Waals surface area contributed by atoms with Crippen LogP contribution in [0.1, 0.15) is 43.6 Å². The minimum Gasteiger partial charge on any atom is -0.355 e. The molecule has 1 saturated heterocycles. The summed E-state index contributed by atoms with van der Waals surface area (Å²) in [5, 5.41) is 7.86. The molecule has 0 aromatic carbocycles. The van der Waals surface area contributed by atoms with Gasteiger partial charge in [0, 0.05) is 58.4 Å². The predicted molar refractivity (Wildman–Crippen MR) is 98.4 cm³/mol. The van der Waals surface area contributed by atoms with Crippen molar-refractivity contribution in [2.45, 2.75) is 44.1 Å². The lowest BCUT2D eigenvalue weighted by Gasteiger charge is -2.26. The van der Waals surface area contributed by atoms with Crippen LogP contribution in [-0.4, -0.2) is 71.9 Å². The van der Waals surface area contributed by atoms with E-state index < -0.39 is 0 Å². The summed E-state index contributed by atoms with van der Waals surface area (Å²) in [7, 11) is 6.13. The summed E-state index contributed by atoms with van der Waals surface area (Å²) >= 11 is 0. The molecule has 0 amide bonds. The zero-order valence-electron chi connectivity index (χ0n) is 15.4. The summed E-state index contributed by atoms with van der Waals surface area (Å²) in [6.07, 6.45) is 10.8. The van der Waals surface area contributed by atoms with E-state index in [4.69, 9.17) is 0 Å². The van der Waals surface area contributed by atoms with E-state index in [1.54, 1.807) is 0 Å². The molecule has 1 unspecified atom stereocenters. The smallest absolute Gasteiger partial charge is 0.193 e. The highest BCUT2D eigenvalue weighted by Crippen LogP contribution is 2.26. The highest BCUT2D eigenvalue weighted by Gasteiger charge is 2.27. The van der Waals surface area contributed by atoms with Crippen molar-refractivity contribution in [2.75, 3.05) is 40.3 Å². The number of nitrogens with zero attached hydrogens (tertiary/aromatic N) is 5. The van der Waals surface area contributed by atoms with E-state index >= 15 is 0 Å². The van der Waals surface area contributed by atoms with Gasteiger partial charge in [-0.25, -0.2) is 0 Å². The first-order chi connectivity index (χ1) is 11.7. The van der Waals surface area contributed by atoms with E-state index in [0.29, 0.717) is 5.92 Å². The second kappa shape index (κ2) is 8.01. The van der Waals surface area contributed by atoms with Gasteiger partial charge in [-0.3, -0.25) is 9.67 Å². The molecular formula is C18H32N6. The van der Waals surface area contributed by atoms with Gasteiger partial charge in [0.2, 0.25) is 0 Å². The molecule has 0 spiro atoms. The molecule has 134 valence electrons. The number of hydrogen-bond donors (Lipinski definition) is 1. The lowest BCUT2D eigenvalue weighted by molar-refractivity contribution is 0.248. The van der Waals surface area contributed by atoms with Crippen molar-refractivity contribution in [2.24, 2.45) is 12.0 Å². The van der Waals surface area contributed by atoms with E-state index in [1.165, 1.54) is 37.7 Å². The molecule has 1 aliphatic carbocycles. The highest BCUT2D eigenvalue weighted by atomic mass is 15.3. The maximum Gasteiger partial charge on any atom is 0.193 e. The van der Waals surface area contributed by atoms with Crippen LogP contribution in [0, 0.1) is 0 Å². The third-order valence-electron chi connectivity index (χ3n) is 5.59. The van der Waals surface area contributed by atoms with Crippen LogP contribution in [0.25, 0.3) is 0 Å². The Balaban J connectivity index is 1.44. The number of guanidine groups is 1. The Bertz CT molecular complexity index is 545. The molecule has 0 bridgehead atoms. The third kappa shape index (κ3) is 4.09. The summed E-state index contributed by atoms with van der Waals surface area (Å²) in [4.78, 5) is 9.38. The van der Waals surface area contributed by atoms with Gasteiger partial charge in [0.25, 0.3) is 0 Å². The maximum absolute atomic E-state index is 4.49. The third-order valence-corrected chi connectivity index (χ3v) is 5.59. The number of likely N-dealkylation sites (tertiary alicyclic amines) is 1. The molecule has 1 aromatic heterocycles. The number of hydrogen-bond acceptors (Lipinski definition) is 3. The van der Waals surface area contributed by atoms with Crippen molar-refractivity contribution in [1.82, 2.24) is 24.9 Å². The molecule has 6 nitrogen and oxygen atoms in total. The molecule has 2 heterocycles. The molecule has 2 aliphatic rings. The molecule has 1 atom stereocenters. The highest BCUT2D eigenvalue weighted by molar-refractivity contribution is 5.80. The Labute approximate surface area is 145 Å². The largest absolute Gasteiger partial charge is 0.355 e. The molecular weight excluding hydrogens is 300 g/mol. The van der Waals surface area contributed by atoms with Gasteiger partial charge >= 0.3 is 0 Å². The van der Waals surface area contributed by atoms with Gasteiger partial charge in [-0.15, -0.1) is 0 Å². The van der Waals surface area contributed by atoms with Gasteiger partial charge in [-0.05, 0) is 31.9 Å². The van der Waals surface area contributed by atoms with Crippen LogP contribution < -0.4 is 5.32 Å². The monoisotopic (exact) mass is 332 g/mol. The van der Waals surface area contributed by atoms with Crippen molar-refractivity contribution >= 4 is 5.96 Å². The molecule has 2 fully saturated rings. The molecule has 1 N–H and O–H groups in total. The Kier molecular flexibility index (Phi) is 5.76. The molecule has 3 rings (SSSR count). The van der Waals surface area contributed by atoms with Gasteiger partial charge in [0.1, 0.15) is 0 Å². The van der Waals surface area contributed by atoms with Gasteiger partial charge in [-0.2, -0.15) is 5.10 Å². The average Bonchev–Trinajstić information content (AvgIpc) is 3.31. The van der Waals surface area contributed by atoms with Crippen LogP contribution in [0.5, 0.6) is 0 Å². The number of nitrogens with one attached hydrogen (secondary N) is 1. The molecule has 24 heavy (non-hydrogen) atoms. The van der Waals surface area contributed by atoms with Crippen molar-refractivity contribution in [3.8, 4) is 0 Å². The van der Waals surface area contributed by atoms with E-state index in [0.717, 1.165) is 38.2 Å². The minimum absolute atomic E-state index is 0.568. The first-order valence-corrected chi connectivity index (χ1v) is 9.31. The first kappa shape index (κ1) is 17.3. The number of aryl methyl sites for hydroxylation is 1. The fraction of sp³-hybridized carbons (Fsp3) is 0.778. The van der Waals surface area contributed by atoms with E-state index in [-0.39, 0.29) is 0 Å².